The van der Waals surface area contributed by atoms with E-state index < -0.39 is 6.10 Å². The van der Waals surface area contributed by atoms with Crippen molar-refractivity contribution in [3.63, 3.8) is 0 Å². The van der Waals surface area contributed by atoms with Crippen molar-refractivity contribution in [2.75, 3.05) is 13.1 Å². The van der Waals surface area contributed by atoms with Crippen LogP contribution in [-0.4, -0.2) is 40.2 Å². The summed E-state index contributed by atoms with van der Waals surface area (Å²) in [5.41, 5.74) is 0.280. The average Bonchev–Trinajstić information content (AvgIpc) is 2.28. The van der Waals surface area contributed by atoms with Gasteiger partial charge in [-0.1, -0.05) is 15.9 Å². The van der Waals surface area contributed by atoms with Crippen LogP contribution in [-0.2, 0) is 0 Å². The van der Waals surface area contributed by atoms with Crippen molar-refractivity contribution in [2.45, 2.75) is 18.9 Å². The molecule has 0 aliphatic carbocycles. The van der Waals surface area contributed by atoms with Crippen molar-refractivity contribution < 1.29 is 15.0 Å². The Morgan fingerprint density at radius 3 is 2.88 bits per heavy atom. The zero-order chi connectivity index (χ0) is 12.4. The minimum atomic E-state index is -0.453. The highest BCUT2D eigenvalue weighted by Gasteiger charge is 2.24. The monoisotopic (exact) mass is 299 g/mol. The highest BCUT2D eigenvalue weighted by atomic mass is 79.9. The number of aliphatic hydroxyl groups is 1. The molecule has 0 saturated carbocycles. The molecule has 1 aliphatic heterocycles. The van der Waals surface area contributed by atoms with Gasteiger partial charge in [0, 0.05) is 17.6 Å². The molecule has 1 fully saturated rings. The molecule has 2 rings (SSSR count). The topological polar surface area (TPSA) is 60.8 Å². The first kappa shape index (κ1) is 12.4. The molecule has 1 aliphatic rings. The van der Waals surface area contributed by atoms with Crippen LogP contribution in [0.15, 0.2) is 22.7 Å². The molecule has 0 spiro atoms. The molecule has 1 atom stereocenters. The third kappa shape index (κ3) is 2.79. The highest BCUT2D eigenvalue weighted by Crippen LogP contribution is 2.24. The van der Waals surface area contributed by atoms with Gasteiger partial charge in [0.1, 0.15) is 5.75 Å². The summed E-state index contributed by atoms with van der Waals surface area (Å²) in [6.45, 7) is 0.972. The maximum Gasteiger partial charge on any atom is 0.257 e. The smallest absolute Gasteiger partial charge is 0.257 e. The van der Waals surface area contributed by atoms with E-state index in [1.807, 2.05) is 0 Å². The van der Waals surface area contributed by atoms with E-state index in [-0.39, 0.29) is 17.2 Å². The molecule has 0 aromatic heterocycles. The van der Waals surface area contributed by atoms with Gasteiger partial charge >= 0.3 is 0 Å². The highest BCUT2D eigenvalue weighted by molar-refractivity contribution is 9.10. The Morgan fingerprint density at radius 2 is 2.24 bits per heavy atom. The summed E-state index contributed by atoms with van der Waals surface area (Å²) in [5.74, 6) is -0.266. The molecule has 4 nitrogen and oxygen atoms in total. The van der Waals surface area contributed by atoms with Gasteiger partial charge in [-0.25, -0.2) is 0 Å². The number of halogens is 1. The fraction of sp³-hybridized carbons (Fsp3) is 0.417. The molecule has 0 unspecified atom stereocenters. The number of β-amino-alcohol motifs (C(OH)–C–C–N with tert-alkyl or cyclic N) is 1. The van der Waals surface area contributed by atoms with Crippen LogP contribution in [0.1, 0.15) is 23.2 Å². The van der Waals surface area contributed by atoms with E-state index in [4.69, 9.17) is 0 Å². The van der Waals surface area contributed by atoms with Crippen LogP contribution in [0.5, 0.6) is 5.75 Å². The third-order valence-electron chi connectivity index (χ3n) is 2.87. The fourth-order valence-electron chi connectivity index (χ4n) is 2.00. The van der Waals surface area contributed by atoms with Crippen molar-refractivity contribution in [1.29, 1.82) is 0 Å². The first-order valence-electron chi connectivity index (χ1n) is 5.54. The molecule has 1 amide bonds. The average molecular weight is 300 g/mol. The number of aliphatic hydroxyl groups excluding tert-OH is 1. The molecule has 5 heteroatoms. The Hall–Kier alpha value is -1.07. The molecule has 1 heterocycles. The number of aromatic hydroxyl groups is 1. The number of piperidine rings is 1. The molecular weight excluding hydrogens is 286 g/mol. The maximum absolute atomic E-state index is 12.1. The van der Waals surface area contributed by atoms with Crippen molar-refractivity contribution in [1.82, 2.24) is 4.90 Å². The molecule has 17 heavy (non-hydrogen) atoms. The van der Waals surface area contributed by atoms with Crippen LogP contribution in [0.25, 0.3) is 0 Å². The van der Waals surface area contributed by atoms with Gasteiger partial charge in [-0.3, -0.25) is 4.79 Å². The lowest BCUT2D eigenvalue weighted by atomic mass is 10.1. The van der Waals surface area contributed by atoms with Gasteiger partial charge in [-0.2, -0.15) is 0 Å². The standard InChI is InChI=1S/C12H14BrNO3/c13-8-3-4-10(11(16)6-8)12(17)14-5-1-2-9(15)7-14/h3-4,6,9,15-16H,1-2,5,7H2/t9-/m0/s1. The zero-order valence-electron chi connectivity index (χ0n) is 9.27. The maximum atomic E-state index is 12.1. The van der Waals surface area contributed by atoms with Gasteiger partial charge < -0.3 is 15.1 Å². The second-order valence-electron chi connectivity index (χ2n) is 4.21. The number of benzene rings is 1. The van der Waals surface area contributed by atoms with Gasteiger partial charge in [0.2, 0.25) is 0 Å². The number of phenols is 1. The van der Waals surface area contributed by atoms with Crippen LogP contribution < -0.4 is 0 Å². The summed E-state index contributed by atoms with van der Waals surface area (Å²) in [6, 6.07) is 4.80. The molecule has 1 aromatic carbocycles. The lowest BCUT2D eigenvalue weighted by Crippen LogP contribution is -2.42. The normalized spacial score (nSPS) is 20.4. The number of carbonyl (C=O) groups excluding carboxylic acids is 1. The van der Waals surface area contributed by atoms with Crippen LogP contribution in [0, 0.1) is 0 Å². The number of likely N-dealkylation sites (tertiary alicyclic amines) is 1. The number of carbonyl (C=O) groups is 1. The summed E-state index contributed by atoms with van der Waals surface area (Å²) in [6.07, 6.45) is 1.07. The predicted molar refractivity (Wildman–Crippen MR) is 67.0 cm³/mol. The Bertz CT molecular complexity index is 436. The Morgan fingerprint density at radius 1 is 1.47 bits per heavy atom. The van der Waals surface area contributed by atoms with E-state index in [1.54, 1.807) is 17.0 Å². The lowest BCUT2D eigenvalue weighted by molar-refractivity contribution is 0.0471. The van der Waals surface area contributed by atoms with Gasteiger partial charge in [-0.15, -0.1) is 0 Å². The Kier molecular flexibility index (Phi) is 3.69. The van der Waals surface area contributed by atoms with Gasteiger partial charge in [0.05, 0.1) is 11.7 Å². The first-order valence-corrected chi connectivity index (χ1v) is 6.33. The van der Waals surface area contributed by atoms with Crippen LogP contribution >= 0.6 is 15.9 Å². The molecule has 1 saturated heterocycles. The predicted octanol–water partition coefficient (Wildman–Crippen LogP) is 1.75. The SMILES string of the molecule is O=C(c1ccc(Br)cc1O)N1CCC[C@H](O)C1. The Balaban J connectivity index is 2.18. The second-order valence-corrected chi connectivity index (χ2v) is 5.12. The summed E-state index contributed by atoms with van der Waals surface area (Å²) >= 11 is 3.23. The molecular formula is C12H14BrNO3. The molecule has 2 N–H and O–H groups in total. The van der Waals surface area contributed by atoms with E-state index in [0.29, 0.717) is 13.1 Å². The largest absolute Gasteiger partial charge is 0.507 e. The van der Waals surface area contributed by atoms with Gasteiger partial charge in [0.15, 0.2) is 0 Å². The van der Waals surface area contributed by atoms with E-state index in [9.17, 15) is 15.0 Å². The summed E-state index contributed by atoms with van der Waals surface area (Å²) in [7, 11) is 0. The zero-order valence-corrected chi connectivity index (χ0v) is 10.9. The van der Waals surface area contributed by atoms with Crippen molar-refractivity contribution >= 4 is 21.8 Å². The third-order valence-corrected chi connectivity index (χ3v) is 3.37. The number of nitrogens with zero attached hydrogens (tertiary/aromatic N) is 1. The van der Waals surface area contributed by atoms with E-state index in [2.05, 4.69) is 15.9 Å². The lowest BCUT2D eigenvalue weighted by Gasteiger charge is -2.30. The van der Waals surface area contributed by atoms with Gasteiger partial charge in [-0.05, 0) is 31.0 Å². The van der Waals surface area contributed by atoms with Crippen LogP contribution in [0.2, 0.25) is 0 Å². The fourth-order valence-corrected chi connectivity index (χ4v) is 2.34. The van der Waals surface area contributed by atoms with E-state index >= 15 is 0 Å². The minimum absolute atomic E-state index is 0.0376. The quantitative estimate of drug-likeness (QED) is 0.830. The number of amides is 1. The Labute approximate surface area is 108 Å². The summed E-state index contributed by atoms with van der Waals surface area (Å²) in [5, 5.41) is 19.2. The minimum Gasteiger partial charge on any atom is -0.507 e. The molecule has 1 aromatic rings. The van der Waals surface area contributed by atoms with Crippen molar-refractivity contribution in [3.8, 4) is 5.75 Å². The van der Waals surface area contributed by atoms with E-state index in [1.165, 1.54) is 6.07 Å². The second kappa shape index (κ2) is 5.06. The molecule has 0 radical (unpaired) electrons. The summed E-state index contributed by atoms with van der Waals surface area (Å²) < 4.78 is 0.727. The molecule has 92 valence electrons. The van der Waals surface area contributed by atoms with Crippen molar-refractivity contribution in [2.24, 2.45) is 0 Å². The molecule has 0 bridgehead atoms. The van der Waals surface area contributed by atoms with Crippen LogP contribution in [0.3, 0.4) is 0 Å². The number of phenolic OH excluding ortho intramolecular Hbond substituents is 1. The number of rotatable bonds is 1. The van der Waals surface area contributed by atoms with Crippen LogP contribution in [0.4, 0.5) is 0 Å². The number of hydrogen-bond donors (Lipinski definition) is 2. The summed E-state index contributed by atoms with van der Waals surface area (Å²) in [4.78, 5) is 13.7. The van der Waals surface area contributed by atoms with Gasteiger partial charge in [0.25, 0.3) is 5.91 Å². The van der Waals surface area contributed by atoms with Crippen molar-refractivity contribution in [3.05, 3.63) is 28.2 Å². The first-order chi connectivity index (χ1) is 8.08. The number of hydrogen-bond acceptors (Lipinski definition) is 3. The van der Waals surface area contributed by atoms with E-state index in [0.717, 1.165) is 17.3 Å².